The lowest BCUT2D eigenvalue weighted by atomic mass is 10.2. The summed E-state index contributed by atoms with van der Waals surface area (Å²) in [6.45, 7) is 2.02. The van der Waals surface area contributed by atoms with Crippen LogP contribution in [0.2, 0.25) is 0 Å². The van der Waals surface area contributed by atoms with E-state index in [2.05, 4.69) is 0 Å². The SMILES string of the molecule is Cc1cccc(N)c1.O=C(O)/C=C\C(=O)O. The summed E-state index contributed by atoms with van der Waals surface area (Å²) in [4.78, 5) is 19.1. The molecule has 0 aliphatic heterocycles. The summed E-state index contributed by atoms with van der Waals surface area (Å²) < 4.78 is 0. The molecule has 0 aromatic heterocycles. The third kappa shape index (κ3) is 8.31. The Bertz CT molecular complexity index is 365. The molecule has 0 heterocycles. The normalized spacial score (nSPS) is 9.31. The Morgan fingerprint density at radius 1 is 1.19 bits per heavy atom. The number of aryl methyl sites for hydroxylation is 1. The molecule has 1 aromatic carbocycles. The highest BCUT2D eigenvalue weighted by Crippen LogP contribution is 2.03. The molecule has 0 aliphatic rings. The van der Waals surface area contributed by atoms with Crippen LogP contribution in [-0.4, -0.2) is 22.2 Å². The topological polar surface area (TPSA) is 101 Å². The Balaban J connectivity index is 0.000000281. The molecule has 0 amide bonds. The molecule has 0 spiro atoms. The minimum atomic E-state index is -1.26. The Kier molecular flexibility index (Phi) is 6.04. The largest absolute Gasteiger partial charge is 0.478 e. The van der Waals surface area contributed by atoms with Crippen LogP contribution >= 0.6 is 0 Å². The maximum absolute atomic E-state index is 9.55. The van der Waals surface area contributed by atoms with E-state index in [9.17, 15) is 9.59 Å². The van der Waals surface area contributed by atoms with Gasteiger partial charge in [-0.3, -0.25) is 0 Å². The highest BCUT2D eigenvalue weighted by Gasteiger charge is 1.88. The lowest BCUT2D eigenvalue weighted by Crippen LogP contribution is -1.91. The Morgan fingerprint density at radius 2 is 1.69 bits per heavy atom. The summed E-state index contributed by atoms with van der Waals surface area (Å²) in [5.41, 5.74) is 7.51. The molecule has 5 heteroatoms. The molecule has 0 saturated carbocycles. The molecule has 0 fully saturated rings. The first-order valence-corrected chi connectivity index (χ1v) is 4.38. The van der Waals surface area contributed by atoms with Crippen molar-refractivity contribution in [3.05, 3.63) is 42.0 Å². The van der Waals surface area contributed by atoms with Crippen molar-refractivity contribution in [1.82, 2.24) is 0 Å². The highest BCUT2D eigenvalue weighted by molar-refractivity contribution is 5.89. The zero-order valence-corrected chi connectivity index (χ0v) is 8.75. The smallest absolute Gasteiger partial charge is 0.328 e. The molecular weight excluding hydrogens is 210 g/mol. The third-order valence-corrected chi connectivity index (χ3v) is 1.41. The van der Waals surface area contributed by atoms with Crippen LogP contribution < -0.4 is 5.73 Å². The molecule has 4 N–H and O–H groups in total. The molecular formula is C11H13NO4. The van der Waals surface area contributed by atoms with Crippen molar-refractivity contribution >= 4 is 17.6 Å². The fraction of sp³-hybridized carbons (Fsp3) is 0.0909. The van der Waals surface area contributed by atoms with Gasteiger partial charge in [-0.1, -0.05) is 12.1 Å². The molecule has 16 heavy (non-hydrogen) atoms. The van der Waals surface area contributed by atoms with Crippen LogP contribution in [0.1, 0.15) is 5.56 Å². The van der Waals surface area contributed by atoms with E-state index in [1.807, 2.05) is 31.2 Å². The van der Waals surface area contributed by atoms with Gasteiger partial charge >= 0.3 is 11.9 Å². The van der Waals surface area contributed by atoms with Gasteiger partial charge in [-0.15, -0.1) is 0 Å². The van der Waals surface area contributed by atoms with Gasteiger partial charge in [0.05, 0.1) is 0 Å². The van der Waals surface area contributed by atoms with Crippen molar-refractivity contribution in [2.75, 3.05) is 5.73 Å². The molecule has 1 rings (SSSR count). The summed E-state index contributed by atoms with van der Waals surface area (Å²) in [6, 6.07) is 7.80. The van der Waals surface area contributed by atoms with Gasteiger partial charge in [0.15, 0.2) is 0 Å². The van der Waals surface area contributed by atoms with Crippen molar-refractivity contribution in [3.8, 4) is 0 Å². The molecule has 0 atom stereocenters. The van der Waals surface area contributed by atoms with Crippen molar-refractivity contribution < 1.29 is 19.8 Å². The van der Waals surface area contributed by atoms with Crippen LogP contribution in [-0.2, 0) is 9.59 Å². The number of hydrogen-bond donors (Lipinski definition) is 3. The van der Waals surface area contributed by atoms with E-state index in [-0.39, 0.29) is 0 Å². The van der Waals surface area contributed by atoms with Gasteiger partial charge in [0, 0.05) is 17.8 Å². The van der Waals surface area contributed by atoms with E-state index in [1.54, 1.807) is 0 Å². The minimum Gasteiger partial charge on any atom is -0.478 e. The molecule has 0 radical (unpaired) electrons. The number of carboxylic acid groups (broad SMARTS) is 2. The molecule has 0 bridgehead atoms. The number of carbonyl (C=O) groups is 2. The Labute approximate surface area is 92.8 Å². The summed E-state index contributed by atoms with van der Waals surface area (Å²) >= 11 is 0. The van der Waals surface area contributed by atoms with Crippen molar-refractivity contribution in [3.63, 3.8) is 0 Å². The predicted molar refractivity (Wildman–Crippen MR) is 60.0 cm³/mol. The standard InChI is InChI=1S/C7H9N.C4H4O4/c1-6-3-2-4-7(8)5-6;5-3(6)1-2-4(7)8/h2-5H,8H2,1H3;1-2H,(H,5,6)(H,7,8)/b;2-1-. The van der Waals surface area contributed by atoms with E-state index in [4.69, 9.17) is 15.9 Å². The first kappa shape index (κ1) is 13.7. The second-order valence-corrected chi connectivity index (χ2v) is 2.92. The quantitative estimate of drug-likeness (QED) is 0.518. The summed E-state index contributed by atoms with van der Waals surface area (Å²) in [6.07, 6.45) is 1.12. The molecule has 0 aliphatic carbocycles. The summed E-state index contributed by atoms with van der Waals surface area (Å²) in [5.74, 6) is -2.51. The van der Waals surface area contributed by atoms with Crippen LogP contribution in [0.3, 0.4) is 0 Å². The van der Waals surface area contributed by atoms with Crippen LogP contribution in [0.15, 0.2) is 36.4 Å². The van der Waals surface area contributed by atoms with Crippen LogP contribution in [0.5, 0.6) is 0 Å². The molecule has 86 valence electrons. The molecule has 1 aromatic rings. The Hall–Kier alpha value is -2.30. The van der Waals surface area contributed by atoms with E-state index >= 15 is 0 Å². The lowest BCUT2D eigenvalue weighted by molar-refractivity contribution is -0.134. The fourth-order valence-electron chi connectivity index (χ4n) is 0.813. The van der Waals surface area contributed by atoms with Crippen molar-refractivity contribution in [2.45, 2.75) is 6.92 Å². The zero-order chi connectivity index (χ0) is 12.6. The van der Waals surface area contributed by atoms with Crippen LogP contribution in [0, 0.1) is 6.92 Å². The van der Waals surface area contributed by atoms with E-state index in [0.29, 0.717) is 12.2 Å². The van der Waals surface area contributed by atoms with Gasteiger partial charge in [0.1, 0.15) is 0 Å². The summed E-state index contributed by atoms with van der Waals surface area (Å²) in [5, 5.41) is 15.6. The first-order chi connectivity index (χ1) is 7.41. The number of carboxylic acids is 2. The van der Waals surface area contributed by atoms with Gasteiger partial charge < -0.3 is 15.9 Å². The number of rotatable bonds is 2. The average Bonchev–Trinajstić information content (AvgIpc) is 2.15. The van der Waals surface area contributed by atoms with Gasteiger partial charge in [0.25, 0.3) is 0 Å². The second kappa shape index (κ2) is 7.05. The lowest BCUT2D eigenvalue weighted by Gasteiger charge is -1.91. The van der Waals surface area contributed by atoms with E-state index < -0.39 is 11.9 Å². The van der Waals surface area contributed by atoms with Crippen molar-refractivity contribution in [2.24, 2.45) is 0 Å². The second-order valence-electron chi connectivity index (χ2n) is 2.92. The van der Waals surface area contributed by atoms with E-state index in [0.717, 1.165) is 5.69 Å². The molecule has 5 nitrogen and oxygen atoms in total. The first-order valence-electron chi connectivity index (χ1n) is 4.38. The van der Waals surface area contributed by atoms with E-state index in [1.165, 1.54) is 5.56 Å². The molecule has 0 saturated heterocycles. The predicted octanol–water partition coefficient (Wildman–Crippen LogP) is 1.29. The molecule has 0 unspecified atom stereocenters. The summed E-state index contributed by atoms with van der Waals surface area (Å²) in [7, 11) is 0. The van der Waals surface area contributed by atoms with Gasteiger partial charge in [0.2, 0.25) is 0 Å². The third-order valence-electron chi connectivity index (χ3n) is 1.41. The minimum absolute atomic E-state index is 0.558. The van der Waals surface area contributed by atoms with Crippen LogP contribution in [0.4, 0.5) is 5.69 Å². The van der Waals surface area contributed by atoms with Crippen LogP contribution in [0.25, 0.3) is 0 Å². The number of nitrogen functional groups attached to an aromatic ring is 1. The number of anilines is 1. The monoisotopic (exact) mass is 223 g/mol. The van der Waals surface area contributed by atoms with Gasteiger partial charge in [-0.2, -0.15) is 0 Å². The van der Waals surface area contributed by atoms with Gasteiger partial charge in [-0.25, -0.2) is 9.59 Å². The number of benzene rings is 1. The number of aliphatic carboxylic acids is 2. The fourth-order valence-corrected chi connectivity index (χ4v) is 0.813. The highest BCUT2D eigenvalue weighted by atomic mass is 16.4. The zero-order valence-electron chi connectivity index (χ0n) is 8.75. The maximum atomic E-state index is 9.55. The Morgan fingerprint density at radius 3 is 1.94 bits per heavy atom. The maximum Gasteiger partial charge on any atom is 0.328 e. The average molecular weight is 223 g/mol. The number of nitrogens with two attached hydrogens (primary N) is 1. The number of hydrogen-bond acceptors (Lipinski definition) is 3. The van der Waals surface area contributed by atoms with Gasteiger partial charge in [-0.05, 0) is 24.6 Å². The van der Waals surface area contributed by atoms with Crippen molar-refractivity contribution in [1.29, 1.82) is 0 Å².